The fourth-order valence-electron chi connectivity index (χ4n) is 2.83. The van der Waals surface area contributed by atoms with Gasteiger partial charge in [-0.25, -0.2) is 0 Å². The molecule has 0 spiro atoms. The second-order valence-electron chi connectivity index (χ2n) is 5.20. The SMILES string of the molecule is CCCC(CCC)C(Cl)c1ccc2c(c1)CCO2. The lowest BCUT2D eigenvalue weighted by Gasteiger charge is -2.22. The number of halogens is 1. The molecule has 1 aliphatic rings. The minimum Gasteiger partial charge on any atom is -0.493 e. The maximum absolute atomic E-state index is 6.69. The summed E-state index contributed by atoms with van der Waals surface area (Å²) in [6.07, 6.45) is 5.88. The Morgan fingerprint density at radius 3 is 2.61 bits per heavy atom. The first-order valence-corrected chi connectivity index (χ1v) is 7.59. The molecule has 0 aliphatic carbocycles. The van der Waals surface area contributed by atoms with Crippen LogP contribution in [0.1, 0.15) is 56.0 Å². The molecule has 2 rings (SSSR count). The van der Waals surface area contributed by atoms with Gasteiger partial charge in [-0.1, -0.05) is 38.8 Å². The lowest BCUT2D eigenvalue weighted by atomic mass is 9.90. The fourth-order valence-corrected chi connectivity index (χ4v) is 3.22. The lowest BCUT2D eigenvalue weighted by Crippen LogP contribution is -2.08. The van der Waals surface area contributed by atoms with E-state index >= 15 is 0 Å². The highest BCUT2D eigenvalue weighted by atomic mass is 35.5. The standard InChI is InChI=1S/C16H23ClO/c1-3-5-12(6-4-2)16(17)14-7-8-15-13(11-14)9-10-18-15/h7-8,11-12,16H,3-6,9-10H2,1-2H3. The van der Waals surface area contributed by atoms with Crippen molar-refractivity contribution >= 4 is 11.6 Å². The molecule has 0 amide bonds. The fraction of sp³-hybridized carbons (Fsp3) is 0.625. The average molecular weight is 267 g/mol. The summed E-state index contributed by atoms with van der Waals surface area (Å²) in [4.78, 5) is 0. The number of ether oxygens (including phenoxy) is 1. The van der Waals surface area contributed by atoms with Crippen LogP contribution in [0.3, 0.4) is 0 Å². The van der Waals surface area contributed by atoms with Gasteiger partial charge in [0.15, 0.2) is 0 Å². The Morgan fingerprint density at radius 1 is 1.22 bits per heavy atom. The zero-order valence-corrected chi connectivity index (χ0v) is 12.2. The summed E-state index contributed by atoms with van der Waals surface area (Å²) in [6.45, 7) is 5.30. The number of hydrogen-bond donors (Lipinski definition) is 0. The summed E-state index contributed by atoms with van der Waals surface area (Å²) in [5.41, 5.74) is 2.60. The molecule has 0 radical (unpaired) electrons. The molecular formula is C16H23ClO. The molecule has 0 saturated carbocycles. The summed E-state index contributed by atoms with van der Waals surface area (Å²) < 4.78 is 5.55. The molecule has 0 N–H and O–H groups in total. The number of alkyl halides is 1. The largest absolute Gasteiger partial charge is 0.493 e. The van der Waals surface area contributed by atoms with E-state index in [-0.39, 0.29) is 5.38 Å². The number of benzene rings is 1. The first kappa shape index (κ1) is 13.7. The minimum atomic E-state index is 0.149. The Bertz CT molecular complexity index is 383. The Morgan fingerprint density at radius 2 is 1.94 bits per heavy atom. The van der Waals surface area contributed by atoms with Crippen LogP contribution < -0.4 is 4.74 Å². The van der Waals surface area contributed by atoms with Gasteiger partial charge in [-0.05, 0) is 36.0 Å². The number of hydrogen-bond acceptors (Lipinski definition) is 1. The summed E-state index contributed by atoms with van der Waals surface area (Å²) in [7, 11) is 0. The van der Waals surface area contributed by atoms with Crippen molar-refractivity contribution in [1.82, 2.24) is 0 Å². The first-order valence-electron chi connectivity index (χ1n) is 7.16. The third-order valence-corrected chi connectivity index (χ3v) is 4.37. The van der Waals surface area contributed by atoms with Crippen LogP contribution in [-0.4, -0.2) is 6.61 Å². The van der Waals surface area contributed by atoms with Gasteiger partial charge < -0.3 is 4.74 Å². The van der Waals surface area contributed by atoms with Crippen molar-refractivity contribution in [2.75, 3.05) is 6.61 Å². The monoisotopic (exact) mass is 266 g/mol. The molecule has 18 heavy (non-hydrogen) atoms. The van der Waals surface area contributed by atoms with Crippen molar-refractivity contribution in [3.8, 4) is 5.75 Å². The molecule has 1 nitrogen and oxygen atoms in total. The predicted octanol–water partition coefficient (Wildman–Crippen LogP) is 5.12. The van der Waals surface area contributed by atoms with Crippen molar-refractivity contribution in [1.29, 1.82) is 0 Å². The van der Waals surface area contributed by atoms with Gasteiger partial charge in [0, 0.05) is 6.42 Å². The van der Waals surface area contributed by atoms with Crippen LogP contribution in [0.4, 0.5) is 0 Å². The van der Waals surface area contributed by atoms with E-state index in [0.29, 0.717) is 5.92 Å². The van der Waals surface area contributed by atoms with E-state index in [1.54, 1.807) is 0 Å². The predicted molar refractivity (Wildman–Crippen MR) is 77.5 cm³/mol. The first-order chi connectivity index (χ1) is 8.76. The zero-order valence-electron chi connectivity index (χ0n) is 11.4. The molecular weight excluding hydrogens is 244 g/mol. The van der Waals surface area contributed by atoms with Gasteiger partial charge in [-0.15, -0.1) is 11.6 Å². The van der Waals surface area contributed by atoms with Crippen molar-refractivity contribution in [2.45, 2.75) is 51.3 Å². The number of fused-ring (bicyclic) bond motifs is 1. The maximum atomic E-state index is 6.69. The molecule has 1 aliphatic heterocycles. The molecule has 1 aromatic carbocycles. The van der Waals surface area contributed by atoms with Crippen LogP contribution in [0.25, 0.3) is 0 Å². The summed E-state index contributed by atoms with van der Waals surface area (Å²) in [5, 5.41) is 0.149. The normalized spacial score (nSPS) is 15.6. The van der Waals surface area contributed by atoms with Gasteiger partial charge in [-0.2, -0.15) is 0 Å². The van der Waals surface area contributed by atoms with Crippen LogP contribution in [0, 0.1) is 5.92 Å². The highest BCUT2D eigenvalue weighted by Crippen LogP contribution is 2.37. The summed E-state index contributed by atoms with van der Waals surface area (Å²) in [5.74, 6) is 1.65. The third kappa shape index (κ3) is 3.00. The van der Waals surface area contributed by atoms with Crippen LogP contribution in [-0.2, 0) is 6.42 Å². The van der Waals surface area contributed by atoms with Crippen molar-refractivity contribution in [3.63, 3.8) is 0 Å². The Kier molecular flexibility index (Phi) is 4.94. The minimum absolute atomic E-state index is 0.149. The highest BCUT2D eigenvalue weighted by molar-refractivity contribution is 6.21. The van der Waals surface area contributed by atoms with E-state index in [4.69, 9.17) is 16.3 Å². The zero-order chi connectivity index (χ0) is 13.0. The molecule has 1 unspecified atom stereocenters. The van der Waals surface area contributed by atoms with Crippen molar-refractivity contribution in [3.05, 3.63) is 29.3 Å². The molecule has 1 aromatic rings. The maximum Gasteiger partial charge on any atom is 0.122 e. The van der Waals surface area contributed by atoms with E-state index in [1.807, 2.05) is 0 Å². The average Bonchev–Trinajstić information content (AvgIpc) is 2.84. The second kappa shape index (κ2) is 6.47. The van der Waals surface area contributed by atoms with Crippen molar-refractivity contribution < 1.29 is 4.74 Å². The van der Waals surface area contributed by atoms with Gasteiger partial charge in [0.2, 0.25) is 0 Å². The Labute approximate surface area is 115 Å². The lowest BCUT2D eigenvalue weighted by molar-refractivity contribution is 0.356. The molecule has 0 saturated heterocycles. The second-order valence-corrected chi connectivity index (χ2v) is 5.68. The van der Waals surface area contributed by atoms with Gasteiger partial charge in [0.05, 0.1) is 12.0 Å². The van der Waals surface area contributed by atoms with Crippen LogP contribution in [0.5, 0.6) is 5.75 Å². The molecule has 2 heteroatoms. The van der Waals surface area contributed by atoms with E-state index < -0.39 is 0 Å². The summed E-state index contributed by atoms with van der Waals surface area (Å²) in [6, 6.07) is 6.47. The van der Waals surface area contributed by atoms with E-state index in [0.717, 1.165) is 18.8 Å². The number of rotatable bonds is 6. The van der Waals surface area contributed by atoms with E-state index in [1.165, 1.54) is 36.8 Å². The van der Waals surface area contributed by atoms with E-state index in [9.17, 15) is 0 Å². The molecule has 0 aromatic heterocycles. The third-order valence-electron chi connectivity index (χ3n) is 3.76. The van der Waals surface area contributed by atoms with Crippen molar-refractivity contribution in [2.24, 2.45) is 5.92 Å². The molecule has 1 atom stereocenters. The Balaban J connectivity index is 2.13. The molecule has 1 heterocycles. The van der Waals surface area contributed by atoms with Gasteiger partial charge >= 0.3 is 0 Å². The highest BCUT2D eigenvalue weighted by Gasteiger charge is 2.21. The molecule has 0 bridgehead atoms. The van der Waals surface area contributed by atoms with Gasteiger partial charge in [0.25, 0.3) is 0 Å². The quantitative estimate of drug-likeness (QED) is 0.650. The van der Waals surface area contributed by atoms with Crippen LogP contribution in [0.15, 0.2) is 18.2 Å². The topological polar surface area (TPSA) is 9.23 Å². The van der Waals surface area contributed by atoms with Gasteiger partial charge in [-0.3, -0.25) is 0 Å². The summed E-state index contributed by atoms with van der Waals surface area (Å²) >= 11 is 6.69. The Hall–Kier alpha value is -0.690. The van der Waals surface area contributed by atoms with E-state index in [2.05, 4.69) is 32.0 Å². The molecule has 0 fully saturated rings. The van der Waals surface area contributed by atoms with Crippen LogP contribution in [0.2, 0.25) is 0 Å². The van der Waals surface area contributed by atoms with Crippen LogP contribution >= 0.6 is 11.6 Å². The molecule has 100 valence electrons. The smallest absolute Gasteiger partial charge is 0.122 e. The van der Waals surface area contributed by atoms with Gasteiger partial charge in [0.1, 0.15) is 5.75 Å².